The van der Waals surface area contributed by atoms with Gasteiger partial charge in [-0.05, 0) is 12.8 Å². The van der Waals surface area contributed by atoms with Gasteiger partial charge in [0.2, 0.25) is 5.91 Å². The molecule has 0 saturated carbocycles. The Balaban J connectivity index is 2.19. The summed E-state index contributed by atoms with van der Waals surface area (Å²) in [6.07, 6.45) is 2.30. The monoisotopic (exact) mass is 252 g/mol. The number of nitrogens with one attached hydrogen (secondary N) is 1. The fourth-order valence-electron chi connectivity index (χ4n) is 1.61. The van der Waals surface area contributed by atoms with Crippen molar-refractivity contribution in [1.29, 1.82) is 0 Å². The van der Waals surface area contributed by atoms with E-state index < -0.39 is 5.41 Å². The van der Waals surface area contributed by atoms with Gasteiger partial charge >= 0.3 is 0 Å². The maximum atomic E-state index is 11.8. The van der Waals surface area contributed by atoms with E-state index in [1.165, 1.54) is 11.3 Å². The molecule has 1 aromatic heterocycles. The van der Waals surface area contributed by atoms with Crippen molar-refractivity contribution < 1.29 is 9.59 Å². The molecule has 1 heterocycles. The van der Waals surface area contributed by atoms with Gasteiger partial charge in [-0.25, -0.2) is 4.98 Å². The van der Waals surface area contributed by atoms with E-state index in [-0.39, 0.29) is 11.7 Å². The summed E-state index contributed by atoms with van der Waals surface area (Å²) in [5.74, 6) is 0.0797. The molecule has 0 unspecified atom stereocenters. The lowest BCUT2D eigenvalue weighted by molar-refractivity contribution is -0.123. The Morgan fingerprint density at radius 2 is 2.06 bits per heavy atom. The highest BCUT2D eigenvalue weighted by Gasteiger charge is 2.26. The van der Waals surface area contributed by atoms with Crippen LogP contribution in [0.2, 0.25) is 0 Å². The van der Waals surface area contributed by atoms with Crippen molar-refractivity contribution in [1.82, 2.24) is 4.98 Å². The number of aromatic nitrogens is 1. The molecule has 0 aliphatic heterocycles. The highest BCUT2D eigenvalue weighted by atomic mass is 32.1. The molecule has 92 valence electrons. The summed E-state index contributed by atoms with van der Waals surface area (Å²) in [7, 11) is 0. The lowest BCUT2D eigenvalue weighted by Gasteiger charge is -2.15. The van der Waals surface area contributed by atoms with Crippen molar-refractivity contribution in [2.75, 3.05) is 5.32 Å². The van der Waals surface area contributed by atoms with Gasteiger partial charge < -0.3 is 5.32 Å². The summed E-state index contributed by atoms with van der Waals surface area (Å²) in [6, 6.07) is 0. The van der Waals surface area contributed by atoms with E-state index in [1.807, 2.05) is 20.8 Å². The summed E-state index contributed by atoms with van der Waals surface area (Å²) in [6.45, 7) is 5.54. The van der Waals surface area contributed by atoms with Crippen molar-refractivity contribution in [2.24, 2.45) is 5.41 Å². The second kappa shape index (κ2) is 4.22. The number of nitrogens with zero attached hydrogens (tertiary/aromatic N) is 1. The first kappa shape index (κ1) is 12.2. The van der Waals surface area contributed by atoms with Gasteiger partial charge in [-0.3, -0.25) is 9.59 Å². The van der Waals surface area contributed by atoms with E-state index in [1.54, 1.807) is 0 Å². The number of anilines is 1. The fraction of sp³-hybridized carbons (Fsp3) is 0.583. The van der Waals surface area contributed by atoms with Crippen LogP contribution < -0.4 is 5.32 Å². The largest absolute Gasteiger partial charge is 0.301 e. The van der Waals surface area contributed by atoms with Gasteiger partial charge in [0, 0.05) is 11.8 Å². The second-order valence-corrected chi connectivity index (χ2v) is 6.27. The Morgan fingerprint density at radius 3 is 2.65 bits per heavy atom. The number of amides is 1. The van der Waals surface area contributed by atoms with E-state index in [0.717, 1.165) is 23.4 Å². The van der Waals surface area contributed by atoms with Gasteiger partial charge in [0.05, 0.1) is 10.6 Å². The molecule has 0 fully saturated rings. The Bertz CT molecular complexity index is 471. The molecular weight excluding hydrogens is 236 g/mol. The van der Waals surface area contributed by atoms with Crippen LogP contribution in [0.1, 0.15) is 49.0 Å². The third-order valence-electron chi connectivity index (χ3n) is 2.67. The van der Waals surface area contributed by atoms with Crippen molar-refractivity contribution in [3.63, 3.8) is 0 Å². The molecule has 0 bridgehead atoms. The van der Waals surface area contributed by atoms with E-state index in [9.17, 15) is 9.59 Å². The molecule has 1 amide bonds. The summed E-state index contributed by atoms with van der Waals surface area (Å²) < 4.78 is 0. The minimum Gasteiger partial charge on any atom is -0.301 e. The summed E-state index contributed by atoms with van der Waals surface area (Å²) in [4.78, 5) is 28.5. The van der Waals surface area contributed by atoms with E-state index >= 15 is 0 Å². The zero-order chi connectivity index (χ0) is 12.6. The van der Waals surface area contributed by atoms with Crippen LogP contribution in [0.25, 0.3) is 0 Å². The van der Waals surface area contributed by atoms with Gasteiger partial charge in [-0.1, -0.05) is 32.1 Å². The highest BCUT2D eigenvalue weighted by molar-refractivity contribution is 7.17. The molecule has 1 aliphatic carbocycles. The third kappa shape index (κ3) is 2.54. The van der Waals surface area contributed by atoms with Gasteiger partial charge in [0.25, 0.3) is 0 Å². The average Bonchev–Trinajstić information content (AvgIpc) is 2.60. The molecule has 0 aromatic carbocycles. The fourth-order valence-corrected chi connectivity index (χ4v) is 2.58. The molecule has 1 N–H and O–H groups in total. The molecular formula is C12H16N2O2S. The van der Waals surface area contributed by atoms with E-state index in [2.05, 4.69) is 10.3 Å². The SMILES string of the molecule is CC(C)(C)C(=O)Nc1nc2c(s1)C(=O)CCC2. The smallest absolute Gasteiger partial charge is 0.231 e. The van der Waals surface area contributed by atoms with Gasteiger partial charge in [0.15, 0.2) is 10.9 Å². The summed E-state index contributed by atoms with van der Waals surface area (Å²) >= 11 is 1.30. The standard InChI is InChI=1S/C12H16N2O2S/c1-12(2,3)10(16)14-11-13-7-5-4-6-8(15)9(7)17-11/h4-6H2,1-3H3,(H,13,14,16). The minimum absolute atomic E-state index is 0.0731. The molecule has 4 nitrogen and oxygen atoms in total. The summed E-state index contributed by atoms with van der Waals surface area (Å²) in [5.41, 5.74) is 0.395. The van der Waals surface area contributed by atoms with Crippen LogP contribution in [-0.4, -0.2) is 16.7 Å². The van der Waals surface area contributed by atoms with Crippen LogP contribution in [0.3, 0.4) is 0 Å². The first-order chi connectivity index (χ1) is 7.88. The molecule has 5 heteroatoms. The van der Waals surface area contributed by atoms with Crippen LogP contribution in [0.15, 0.2) is 0 Å². The molecule has 1 aromatic rings. The minimum atomic E-state index is -0.448. The molecule has 1 aliphatic rings. The number of carbonyl (C=O) groups is 2. The third-order valence-corrected chi connectivity index (χ3v) is 3.72. The van der Waals surface area contributed by atoms with E-state index in [0.29, 0.717) is 11.6 Å². The average molecular weight is 252 g/mol. The van der Waals surface area contributed by atoms with Gasteiger partial charge in [0.1, 0.15) is 0 Å². The van der Waals surface area contributed by atoms with Crippen molar-refractivity contribution in [3.05, 3.63) is 10.6 Å². The number of ketones is 1. The molecule has 2 rings (SSSR count). The lowest BCUT2D eigenvalue weighted by Crippen LogP contribution is -2.27. The number of Topliss-reactive ketones (excluding diaryl/α,β-unsaturated/α-hetero) is 1. The number of carbonyl (C=O) groups excluding carboxylic acids is 2. The predicted molar refractivity (Wildman–Crippen MR) is 67.5 cm³/mol. The maximum absolute atomic E-state index is 11.8. The summed E-state index contributed by atoms with van der Waals surface area (Å²) in [5, 5.41) is 3.32. The zero-order valence-corrected chi connectivity index (χ0v) is 11.1. The number of thiazole rings is 1. The molecule has 0 atom stereocenters. The van der Waals surface area contributed by atoms with Crippen LogP contribution in [-0.2, 0) is 11.2 Å². The first-order valence-corrected chi connectivity index (χ1v) is 6.54. The Morgan fingerprint density at radius 1 is 1.35 bits per heavy atom. The van der Waals surface area contributed by atoms with E-state index in [4.69, 9.17) is 0 Å². The quantitative estimate of drug-likeness (QED) is 0.836. The van der Waals surface area contributed by atoms with Crippen LogP contribution in [0.5, 0.6) is 0 Å². The topological polar surface area (TPSA) is 59.1 Å². The Labute approximate surface area is 104 Å². The maximum Gasteiger partial charge on any atom is 0.231 e. The van der Waals surface area contributed by atoms with Gasteiger partial charge in [-0.2, -0.15) is 0 Å². The zero-order valence-electron chi connectivity index (χ0n) is 10.3. The number of rotatable bonds is 1. The van der Waals surface area contributed by atoms with Crippen LogP contribution >= 0.6 is 11.3 Å². The Hall–Kier alpha value is -1.23. The van der Waals surface area contributed by atoms with Crippen LogP contribution in [0.4, 0.5) is 5.13 Å². The van der Waals surface area contributed by atoms with Gasteiger partial charge in [-0.15, -0.1) is 0 Å². The molecule has 0 radical (unpaired) electrons. The van der Waals surface area contributed by atoms with Crippen LogP contribution in [0, 0.1) is 5.41 Å². The normalized spacial score (nSPS) is 15.6. The molecule has 0 saturated heterocycles. The number of hydrogen-bond donors (Lipinski definition) is 1. The number of fused-ring (bicyclic) bond motifs is 1. The van der Waals surface area contributed by atoms with Crippen molar-refractivity contribution in [3.8, 4) is 0 Å². The predicted octanol–water partition coefficient (Wildman–Crippen LogP) is 2.65. The molecule has 0 spiro atoms. The van der Waals surface area contributed by atoms with Crippen molar-refractivity contribution >= 4 is 28.2 Å². The first-order valence-electron chi connectivity index (χ1n) is 5.72. The van der Waals surface area contributed by atoms with Crippen molar-refractivity contribution in [2.45, 2.75) is 40.0 Å². The number of aryl methyl sites for hydroxylation is 1. The number of hydrogen-bond acceptors (Lipinski definition) is 4. The second-order valence-electron chi connectivity index (χ2n) is 5.28. The lowest BCUT2D eigenvalue weighted by atomic mass is 9.96. The highest BCUT2D eigenvalue weighted by Crippen LogP contribution is 2.30. The molecule has 17 heavy (non-hydrogen) atoms. The Kier molecular flexibility index (Phi) is 3.03.